The second kappa shape index (κ2) is 8.29. The predicted molar refractivity (Wildman–Crippen MR) is 77.1 cm³/mol. The Labute approximate surface area is 120 Å². The summed E-state index contributed by atoms with van der Waals surface area (Å²) < 4.78 is 18.3. The van der Waals surface area contributed by atoms with Gasteiger partial charge in [-0.3, -0.25) is 9.88 Å². The summed E-state index contributed by atoms with van der Waals surface area (Å²) in [7, 11) is 0. The van der Waals surface area contributed by atoms with Gasteiger partial charge in [-0.1, -0.05) is 6.92 Å². The minimum absolute atomic E-state index is 0.193. The normalized spacial score (nSPS) is 18.1. The first-order valence-corrected chi connectivity index (χ1v) is 7.44. The van der Waals surface area contributed by atoms with Crippen molar-refractivity contribution in [3.05, 3.63) is 29.8 Å². The second-order valence-corrected chi connectivity index (χ2v) is 5.15. The maximum atomic E-state index is 13.0. The van der Waals surface area contributed by atoms with Crippen LogP contribution in [-0.4, -0.2) is 49.3 Å². The van der Waals surface area contributed by atoms with E-state index in [1.165, 1.54) is 12.3 Å². The maximum absolute atomic E-state index is 13.0. The van der Waals surface area contributed by atoms with Gasteiger partial charge in [0.1, 0.15) is 5.82 Å². The van der Waals surface area contributed by atoms with Crippen molar-refractivity contribution < 1.29 is 9.13 Å². The number of halogens is 1. The molecule has 0 amide bonds. The van der Waals surface area contributed by atoms with E-state index in [0.29, 0.717) is 0 Å². The Bertz CT molecular complexity index is 379. The van der Waals surface area contributed by atoms with Crippen LogP contribution in [0.1, 0.15) is 31.5 Å². The lowest BCUT2D eigenvalue weighted by atomic mass is 10.1. The van der Waals surface area contributed by atoms with E-state index in [1.54, 1.807) is 6.07 Å². The average molecular weight is 281 g/mol. The number of ether oxygens (including phenoxy) is 1. The largest absolute Gasteiger partial charge is 0.379 e. The van der Waals surface area contributed by atoms with E-state index in [-0.39, 0.29) is 11.9 Å². The van der Waals surface area contributed by atoms with Crippen LogP contribution < -0.4 is 5.32 Å². The summed E-state index contributed by atoms with van der Waals surface area (Å²) >= 11 is 0. The van der Waals surface area contributed by atoms with Crippen molar-refractivity contribution in [1.29, 1.82) is 0 Å². The molecule has 1 saturated heterocycles. The van der Waals surface area contributed by atoms with Crippen LogP contribution in [-0.2, 0) is 4.74 Å². The molecule has 1 aromatic heterocycles. The summed E-state index contributed by atoms with van der Waals surface area (Å²) in [6.07, 6.45) is 3.36. The molecule has 1 aliphatic heterocycles. The van der Waals surface area contributed by atoms with Gasteiger partial charge in [0.2, 0.25) is 0 Å². The van der Waals surface area contributed by atoms with Gasteiger partial charge in [0.25, 0.3) is 0 Å². The lowest BCUT2D eigenvalue weighted by molar-refractivity contribution is 0.0361. The molecular weight excluding hydrogens is 257 g/mol. The van der Waals surface area contributed by atoms with Crippen LogP contribution in [0, 0.1) is 5.82 Å². The standard InChI is InChI=1S/C15H24FN3O/c1-2-6-17-15(14-4-3-13(16)12-18-14)5-7-19-8-10-20-11-9-19/h3-4,12,15,17H,2,5-11H2,1H3. The highest BCUT2D eigenvalue weighted by Gasteiger charge is 2.16. The fourth-order valence-electron chi connectivity index (χ4n) is 2.40. The quantitative estimate of drug-likeness (QED) is 0.829. The topological polar surface area (TPSA) is 37.4 Å². The molecule has 0 aliphatic carbocycles. The Morgan fingerprint density at radius 2 is 2.20 bits per heavy atom. The van der Waals surface area contributed by atoms with E-state index in [1.807, 2.05) is 0 Å². The van der Waals surface area contributed by atoms with Gasteiger partial charge in [-0.25, -0.2) is 4.39 Å². The van der Waals surface area contributed by atoms with Crippen LogP contribution in [0.2, 0.25) is 0 Å². The Morgan fingerprint density at radius 3 is 2.85 bits per heavy atom. The molecule has 112 valence electrons. The number of morpholine rings is 1. The van der Waals surface area contributed by atoms with Crippen molar-refractivity contribution in [2.24, 2.45) is 0 Å². The summed E-state index contributed by atoms with van der Waals surface area (Å²) in [5.41, 5.74) is 0.924. The highest BCUT2D eigenvalue weighted by Crippen LogP contribution is 2.16. The number of aromatic nitrogens is 1. The maximum Gasteiger partial charge on any atom is 0.141 e. The molecule has 0 bridgehead atoms. The minimum atomic E-state index is -0.281. The van der Waals surface area contributed by atoms with Crippen molar-refractivity contribution in [3.63, 3.8) is 0 Å². The zero-order valence-electron chi connectivity index (χ0n) is 12.1. The Kier molecular flexibility index (Phi) is 6.36. The van der Waals surface area contributed by atoms with Crippen molar-refractivity contribution in [1.82, 2.24) is 15.2 Å². The lowest BCUT2D eigenvalue weighted by Gasteiger charge is -2.28. The zero-order valence-corrected chi connectivity index (χ0v) is 12.1. The number of rotatable bonds is 7. The molecule has 0 spiro atoms. The molecule has 1 fully saturated rings. The van der Waals surface area contributed by atoms with Crippen LogP contribution in [0.15, 0.2) is 18.3 Å². The van der Waals surface area contributed by atoms with E-state index in [4.69, 9.17) is 4.74 Å². The molecule has 0 saturated carbocycles. The first-order chi connectivity index (χ1) is 9.79. The van der Waals surface area contributed by atoms with Gasteiger partial charge in [-0.05, 0) is 31.5 Å². The molecule has 0 aromatic carbocycles. The Balaban J connectivity index is 1.90. The van der Waals surface area contributed by atoms with Gasteiger partial charge in [0.15, 0.2) is 0 Å². The SMILES string of the molecule is CCCNC(CCN1CCOCC1)c1ccc(F)cn1. The molecule has 1 aliphatic rings. The molecule has 2 heterocycles. The predicted octanol–water partition coefficient (Wildman–Crippen LogP) is 1.98. The van der Waals surface area contributed by atoms with Crippen LogP contribution in [0.25, 0.3) is 0 Å². The lowest BCUT2D eigenvalue weighted by Crippen LogP contribution is -2.38. The molecule has 5 heteroatoms. The van der Waals surface area contributed by atoms with Gasteiger partial charge >= 0.3 is 0 Å². The van der Waals surface area contributed by atoms with Crippen molar-refractivity contribution in [2.75, 3.05) is 39.4 Å². The van der Waals surface area contributed by atoms with Gasteiger partial charge in [0.05, 0.1) is 31.1 Å². The fourth-order valence-corrected chi connectivity index (χ4v) is 2.40. The molecule has 0 radical (unpaired) electrons. The number of hydrogen-bond acceptors (Lipinski definition) is 4. The van der Waals surface area contributed by atoms with Gasteiger partial charge in [-0.15, -0.1) is 0 Å². The van der Waals surface area contributed by atoms with E-state index < -0.39 is 0 Å². The number of nitrogens with one attached hydrogen (secondary N) is 1. The average Bonchev–Trinajstić information content (AvgIpc) is 2.50. The van der Waals surface area contributed by atoms with E-state index in [9.17, 15) is 4.39 Å². The van der Waals surface area contributed by atoms with E-state index >= 15 is 0 Å². The summed E-state index contributed by atoms with van der Waals surface area (Å²) in [5, 5.41) is 3.50. The van der Waals surface area contributed by atoms with E-state index in [0.717, 1.165) is 57.9 Å². The summed E-state index contributed by atoms with van der Waals surface area (Å²) in [5.74, 6) is -0.281. The first-order valence-electron chi connectivity index (χ1n) is 7.44. The van der Waals surface area contributed by atoms with E-state index in [2.05, 4.69) is 22.1 Å². The van der Waals surface area contributed by atoms with Crippen LogP contribution in [0.3, 0.4) is 0 Å². The summed E-state index contributed by atoms with van der Waals surface area (Å²) in [6, 6.07) is 3.46. The molecule has 4 nitrogen and oxygen atoms in total. The first kappa shape index (κ1) is 15.4. The summed E-state index contributed by atoms with van der Waals surface area (Å²) in [6.45, 7) is 7.75. The van der Waals surface area contributed by atoms with Crippen molar-refractivity contribution in [2.45, 2.75) is 25.8 Å². The smallest absolute Gasteiger partial charge is 0.141 e. The highest BCUT2D eigenvalue weighted by atomic mass is 19.1. The Hall–Kier alpha value is -1.04. The molecule has 1 aromatic rings. The Morgan fingerprint density at radius 1 is 1.40 bits per heavy atom. The number of nitrogens with zero attached hydrogens (tertiary/aromatic N) is 2. The van der Waals surface area contributed by atoms with Crippen LogP contribution in [0.4, 0.5) is 4.39 Å². The molecule has 1 N–H and O–H groups in total. The van der Waals surface area contributed by atoms with Crippen LogP contribution in [0.5, 0.6) is 0 Å². The van der Waals surface area contributed by atoms with Gasteiger partial charge < -0.3 is 10.1 Å². The molecule has 1 atom stereocenters. The second-order valence-electron chi connectivity index (χ2n) is 5.15. The third-order valence-electron chi connectivity index (χ3n) is 3.59. The number of hydrogen-bond donors (Lipinski definition) is 1. The van der Waals surface area contributed by atoms with Crippen molar-refractivity contribution in [3.8, 4) is 0 Å². The van der Waals surface area contributed by atoms with Crippen LogP contribution >= 0.6 is 0 Å². The monoisotopic (exact) mass is 281 g/mol. The highest BCUT2D eigenvalue weighted by molar-refractivity contribution is 5.10. The summed E-state index contributed by atoms with van der Waals surface area (Å²) in [4.78, 5) is 6.62. The fraction of sp³-hybridized carbons (Fsp3) is 0.667. The molecular formula is C15H24FN3O. The van der Waals surface area contributed by atoms with Gasteiger partial charge in [-0.2, -0.15) is 0 Å². The zero-order chi connectivity index (χ0) is 14.2. The molecule has 1 unspecified atom stereocenters. The number of pyridine rings is 1. The minimum Gasteiger partial charge on any atom is -0.379 e. The van der Waals surface area contributed by atoms with Crippen molar-refractivity contribution >= 4 is 0 Å². The third-order valence-corrected chi connectivity index (χ3v) is 3.59. The third kappa shape index (κ3) is 4.81. The molecule has 2 rings (SSSR count). The molecule has 20 heavy (non-hydrogen) atoms. The van der Waals surface area contributed by atoms with Gasteiger partial charge in [0, 0.05) is 19.6 Å².